The Kier molecular flexibility index (Phi) is 4.57. The van der Waals surface area contributed by atoms with Crippen LogP contribution in [0.25, 0.3) is 32.9 Å². The van der Waals surface area contributed by atoms with Crippen LogP contribution in [0.1, 0.15) is 10.4 Å². The summed E-state index contributed by atoms with van der Waals surface area (Å²) in [5.41, 5.74) is 3.64. The fraction of sp³-hybridized carbons (Fsp3) is 0.238. The van der Waals surface area contributed by atoms with Crippen LogP contribution in [-0.4, -0.2) is 64.1 Å². The highest BCUT2D eigenvalue weighted by Gasteiger charge is 2.22. The molecule has 1 aromatic carbocycles. The molecule has 7 nitrogen and oxygen atoms in total. The number of benzene rings is 1. The van der Waals surface area contributed by atoms with Gasteiger partial charge in [0.1, 0.15) is 16.4 Å². The van der Waals surface area contributed by atoms with Crippen molar-refractivity contribution >= 4 is 28.2 Å². The Morgan fingerprint density at radius 3 is 2.83 bits per heavy atom. The highest BCUT2D eigenvalue weighted by Crippen LogP contribution is 2.32. The van der Waals surface area contributed by atoms with Crippen molar-refractivity contribution in [3.05, 3.63) is 53.7 Å². The van der Waals surface area contributed by atoms with E-state index in [1.807, 2.05) is 34.5 Å². The fourth-order valence-corrected chi connectivity index (χ4v) is 4.25. The Morgan fingerprint density at radius 1 is 1.17 bits per heavy atom. The molecule has 0 unspecified atom stereocenters. The molecule has 0 saturated carbocycles. The molecular weight excluding hydrogens is 386 g/mol. The van der Waals surface area contributed by atoms with E-state index in [9.17, 15) is 4.79 Å². The number of amides is 1. The number of rotatable bonds is 3. The van der Waals surface area contributed by atoms with Crippen LogP contribution in [0.3, 0.4) is 0 Å². The first-order valence-electron chi connectivity index (χ1n) is 9.42. The number of carbonyl (C=O) groups excluding carboxylic acids is 1. The Morgan fingerprint density at radius 2 is 2.03 bits per heavy atom. The van der Waals surface area contributed by atoms with Crippen LogP contribution in [0.5, 0.6) is 0 Å². The van der Waals surface area contributed by atoms with E-state index < -0.39 is 0 Å². The topological polar surface area (TPSA) is 75.4 Å². The van der Waals surface area contributed by atoms with Crippen molar-refractivity contribution in [2.45, 2.75) is 0 Å². The lowest BCUT2D eigenvalue weighted by molar-refractivity contribution is 0.0664. The fourth-order valence-electron chi connectivity index (χ4n) is 3.45. The van der Waals surface area contributed by atoms with Gasteiger partial charge in [-0.1, -0.05) is 5.16 Å². The quantitative estimate of drug-likeness (QED) is 0.520. The zero-order chi connectivity index (χ0) is 19.8. The van der Waals surface area contributed by atoms with Crippen molar-refractivity contribution in [1.82, 2.24) is 24.9 Å². The van der Waals surface area contributed by atoms with Crippen molar-refractivity contribution < 1.29 is 9.32 Å². The van der Waals surface area contributed by atoms with E-state index in [-0.39, 0.29) is 5.91 Å². The molecule has 0 bridgehead atoms. The van der Waals surface area contributed by atoms with Gasteiger partial charge in [0.05, 0.1) is 5.39 Å². The standard InChI is InChI=1S/C21H19N5O2S/c1-25-7-9-26(10-8-25)21(27)14-4-5-18-16(11-14)19(24-28-18)17-13-29-20(23-17)15-3-2-6-22-12-15/h2-6,11-13H,7-10H2,1H3. The van der Waals surface area contributed by atoms with Crippen molar-refractivity contribution in [2.75, 3.05) is 33.2 Å². The zero-order valence-electron chi connectivity index (χ0n) is 15.9. The number of hydrogen-bond acceptors (Lipinski definition) is 7. The number of hydrogen-bond donors (Lipinski definition) is 0. The van der Waals surface area contributed by atoms with Crippen molar-refractivity contribution in [1.29, 1.82) is 0 Å². The first kappa shape index (κ1) is 18.0. The van der Waals surface area contributed by atoms with Crippen molar-refractivity contribution in [2.24, 2.45) is 0 Å². The van der Waals surface area contributed by atoms with Gasteiger partial charge in [-0.25, -0.2) is 4.98 Å². The Balaban J connectivity index is 1.47. The number of thiazole rings is 1. The van der Waals surface area contributed by atoms with Gasteiger partial charge in [0.2, 0.25) is 0 Å². The minimum atomic E-state index is 0.0430. The molecule has 29 heavy (non-hydrogen) atoms. The molecular formula is C21H19N5O2S. The van der Waals surface area contributed by atoms with Gasteiger partial charge in [0.15, 0.2) is 5.58 Å². The number of likely N-dealkylation sites (N-methyl/N-ethyl adjacent to an activating group) is 1. The van der Waals surface area contributed by atoms with Gasteiger partial charge >= 0.3 is 0 Å². The number of carbonyl (C=O) groups is 1. The molecule has 0 spiro atoms. The van der Waals surface area contributed by atoms with Crippen LogP contribution in [0.15, 0.2) is 52.6 Å². The Hall–Kier alpha value is -3.10. The van der Waals surface area contributed by atoms with E-state index >= 15 is 0 Å². The SMILES string of the molecule is CN1CCN(C(=O)c2ccc3onc(-c4csc(-c5cccnc5)n4)c3c2)CC1. The normalized spacial score (nSPS) is 15.1. The molecule has 0 aliphatic carbocycles. The van der Waals surface area contributed by atoms with Gasteiger partial charge < -0.3 is 14.3 Å². The maximum Gasteiger partial charge on any atom is 0.253 e. The highest BCUT2D eigenvalue weighted by atomic mass is 32.1. The highest BCUT2D eigenvalue weighted by molar-refractivity contribution is 7.13. The van der Waals surface area contributed by atoms with E-state index in [2.05, 4.69) is 22.1 Å². The van der Waals surface area contributed by atoms with Crippen LogP contribution < -0.4 is 0 Å². The van der Waals surface area contributed by atoms with Crippen LogP contribution in [-0.2, 0) is 0 Å². The lowest BCUT2D eigenvalue weighted by Gasteiger charge is -2.32. The lowest BCUT2D eigenvalue weighted by Crippen LogP contribution is -2.47. The first-order chi connectivity index (χ1) is 14.2. The first-order valence-corrected chi connectivity index (χ1v) is 10.3. The third kappa shape index (κ3) is 3.41. The summed E-state index contributed by atoms with van der Waals surface area (Å²) in [6, 6.07) is 9.34. The summed E-state index contributed by atoms with van der Waals surface area (Å²) in [6.45, 7) is 3.26. The summed E-state index contributed by atoms with van der Waals surface area (Å²) in [7, 11) is 2.07. The number of pyridine rings is 1. The summed E-state index contributed by atoms with van der Waals surface area (Å²) in [4.78, 5) is 25.9. The maximum absolute atomic E-state index is 12.9. The van der Waals surface area contributed by atoms with Crippen LogP contribution in [0.2, 0.25) is 0 Å². The van der Waals surface area contributed by atoms with Crippen LogP contribution in [0.4, 0.5) is 0 Å². The predicted molar refractivity (Wildman–Crippen MR) is 112 cm³/mol. The van der Waals surface area contributed by atoms with E-state index in [0.717, 1.165) is 47.8 Å². The zero-order valence-corrected chi connectivity index (χ0v) is 16.7. The van der Waals surface area contributed by atoms with Gasteiger partial charge in [-0.15, -0.1) is 11.3 Å². The van der Waals surface area contributed by atoms with Gasteiger partial charge in [0, 0.05) is 55.1 Å². The van der Waals surface area contributed by atoms with Gasteiger partial charge in [0.25, 0.3) is 5.91 Å². The van der Waals surface area contributed by atoms with Crippen molar-refractivity contribution in [3.63, 3.8) is 0 Å². The average Bonchev–Trinajstić information content (AvgIpc) is 3.41. The maximum atomic E-state index is 12.9. The summed E-state index contributed by atoms with van der Waals surface area (Å²) >= 11 is 1.53. The number of fused-ring (bicyclic) bond motifs is 1. The molecule has 1 aliphatic heterocycles. The van der Waals surface area contributed by atoms with Gasteiger partial charge in [-0.3, -0.25) is 9.78 Å². The monoisotopic (exact) mass is 405 g/mol. The summed E-state index contributed by atoms with van der Waals surface area (Å²) in [5.74, 6) is 0.0430. The van der Waals surface area contributed by atoms with E-state index in [0.29, 0.717) is 16.8 Å². The summed E-state index contributed by atoms with van der Waals surface area (Å²) in [6.07, 6.45) is 3.53. The molecule has 1 fully saturated rings. The number of piperazine rings is 1. The Bertz CT molecular complexity index is 1160. The molecule has 1 saturated heterocycles. The molecule has 0 N–H and O–H groups in total. The third-order valence-corrected chi connectivity index (χ3v) is 6.05. The number of aromatic nitrogens is 3. The van der Waals surface area contributed by atoms with E-state index in [1.54, 1.807) is 18.5 Å². The predicted octanol–water partition coefficient (Wildman–Crippen LogP) is 3.40. The molecule has 146 valence electrons. The third-order valence-electron chi connectivity index (χ3n) is 5.16. The molecule has 1 amide bonds. The lowest BCUT2D eigenvalue weighted by atomic mass is 10.1. The van der Waals surface area contributed by atoms with Gasteiger partial charge in [-0.2, -0.15) is 0 Å². The smallest absolute Gasteiger partial charge is 0.253 e. The summed E-state index contributed by atoms with van der Waals surface area (Å²) < 4.78 is 5.48. The molecule has 3 aromatic heterocycles. The molecule has 0 atom stereocenters. The molecule has 8 heteroatoms. The molecule has 4 aromatic rings. The second-order valence-corrected chi connectivity index (χ2v) is 7.98. The molecule has 5 rings (SSSR count). The largest absolute Gasteiger partial charge is 0.356 e. The molecule has 4 heterocycles. The van der Waals surface area contributed by atoms with Crippen molar-refractivity contribution in [3.8, 4) is 22.0 Å². The molecule has 1 aliphatic rings. The van der Waals surface area contributed by atoms with Gasteiger partial charge in [-0.05, 0) is 37.4 Å². The average molecular weight is 405 g/mol. The van der Waals surface area contributed by atoms with Crippen LogP contribution >= 0.6 is 11.3 Å². The van der Waals surface area contributed by atoms with Crippen LogP contribution in [0, 0.1) is 0 Å². The summed E-state index contributed by atoms with van der Waals surface area (Å²) in [5, 5.41) is 7.84. The minimum absolute atomic E-state index is 0.0430. The van der Waals surface area contributed by atoms with E-state index in [1.165, 1.54) is 11.3 Å². The Labute approximate surface area is 171 Å². The molecule has 0 radical (unpaired) electrons. The second-order valence-electron chi connectivity index (χ2n) is 7.12. The van der Waals surface area contributed by atoms with E-state index in [4.69, 9.17) is 9.51 Å². The second kappa shape index (κ2) is 7.38. The minimum Gasteiger partial charge on any atom is -0.356 e. The number of nitrogens with zero attached hydrogens (tertiary/aromatic N) is 5.